The van der Waals surface area contributed by atoms with Crippen LogP contribution in [0.15, 0.2) is 48.6 Å². The lowest BCUT2D eigenvalue weighted by Crippen LogP contribution is -2.15. The molecular formula is C18H25NO. The zero-order chi connectivity index (χ0) is 14.0. The Labute approximate surface area is 122 Å². The predicted molar refractivity (Wildman–Crippen MR) is 85.0 cm³/mol. The van der Waals surface area contributed by atoms with Crippen LogP contribution in [0.2, 0.25) is 0 Å². The molecular weight excluding hydrogens is 246 g/mol. The molecule has 20 heavy (non-hydrogen) atoms. The summed E-state index contributed by atoms with van der Waals surface area (Å²) in [6.07, 6.45) is 10.7. The molecule has 2 nitrogen and oxygen atoms in total. The number of hydrogen-bond donors (Lipinski definition) is 1. The van der Waals surface area contributed by atoms with Crippen LogP contribution in [-0.2, 0) is 6.54 Å². The molecule has 1 N–H and O–H groups in total. The molecule has 0 atom stereocenters. The Hall–Kier alpha value is -1.54. The number of ether oxygens (including phenoxy) is 1. The molecule has 0 radical (unpaired) electrons. The molecule has 1 aliphatic carbocycles. The fraction of sp³-hybridized carbons (Fsp3) is 0.444. The average Bonchev–Trinajstić information content (AvgIpc) is 2.52. The fourth-order valence-corrected chi connectivity index (χ4v) is 2.47. The molecule has 0 heterocycles. The summed E-state index contributed by atoms with van der Waals surface area (Å²) in [6, 6.07) is 8.27. The van der Waals surface area contributed by atoms with E-state index in [0.29, 0.717) is 6.61 Å². The van der Waals surface area contributed by atoms with Crippen molar-refractivity contribution in [3.05, 3.63) is 54.1 Å². The van der Waals surface area contributed by atoms with Gasteiger partial charge in [-0.3, -0.25) is 0 Å². The van der Waals surface area contributed by atoms with Crippen LogP contribution in [0, 0.1) is 0 Å². The van der Waals surface area contributed by atoms with Gasteiger partial charge in [-0.05, 0) is 56.3 Å². The van der Waals surface area contributed by atoms with Gasteiger partial charge in [0.1, 0.15) is 12.4 Å². The van der Waals surface area contributed by atoms with E-state index in [-0.39, 0.29) is 0 Å². The molecule has 0 unspecified atom stereocenters. The van der Waals surface area contributed by atoms with Gasteiger partial charge >= 0.3 is 0 Å². The van der Waals surface area contributed by atoms with Gasteiger partial charge in [-0.25, -0.2) is 0 Å². The van der Waals surface area contributed by atoms with E-state index >= 15 is 0 Å². The minimum atomic E-state index is 0.562. The summed E-state index contributed by atoms with van der Waals surface area (Å²) in [4.78, 5) is 0. The highest BCUT2D eigenvalue weighted by Crippen LogP contribution is 2.19. The molecule has 0 saturated carbocycles. The molecule has 0 aromatic heterocycles. The second-order valence-corrected chi connectivity index (χ2v) is 5.28. The van der Waals surface area contributed by atoms with Gasteiger partial charge in [0, 0.05) is 6.54 Å². The first-order valence-corrected chi connectivity index (χ1v) is 7.60. The van der Waals surface area contributed by atoms with Crippen molar-refractivity contribution in [2.75, 3.05) is 13.2 Å². The van der Waals surface area contributed by atoms with E-state index in [9.17, 15) is 0 Å². The van der Waals surface area contributed by atoms with Crippen LogP contribution in [-0.4, -0.2) is 13.2 Å². The van der Waals surface area contributed by atoms with Crippen molar-refractivity contribution in [1.29, 1.82) is 0 Å². The number of nitrogens with one attached hydrogen (secondary N) is 1. The maximum atomic E-state index is 5.47. The van der Waals surface area contributed by atoms with E-state index in [1.165, 1.54) is 37.7 Å². The monoisotopic (exact) mass is 271 g/mol. The van der Waals surface area contributed by atoms with E-state index in [0.717, 1.165) is 18.8 Å². The molecule has 108 valence electrons. The van der Waals surface area contributed by atoms with E-state index < -0.39 is 0 Å². The normalized spacial score (nSPS) is 14.7. The Balaban J connectivity index is 1.66. The molecule has 0 bridgehead atoms. The summed E-state index contributed by atoms with van der Waals surface area (Å²) < 4.78 is 5.47. The quantitative estimate of drug-likeness (QED) is 0.564. The maximum Gasteiger partial charge on any atom is 0.119 e. The van der Waals surface area contributed by atoms with Crippen molar-refractivity contribution >= 4 is 0 Å². The third kappa shape index (κ3) is 5.22. The van der Waals surface area contributed by atoms with Gasteiger partial charge in [0.05, 0.1) is 0 Å². The van der Waals surface area contributed by atoms with Crippen molar-refractivity contribution in [3.8, 4) is 5.75 Å². The SMILES string of the molecule is C=CCOc1ccc(CNCCC2=CCCCC2)cc1. The molecule has 0 amide bonds. The number of hydrogen-bond acceptors (Lipinski definition) is 2. The van der Waals surface area contributed by atoms with Crippen LogP contribution in [0.1, 0.15) is 37.7 Å². The van der Waals surface area contributed by atoms with Gasteiger partial charge in [0.2, 0.25) is 0 Å². The second-order valence-electron chi connectivity index (χ2n) is 5.28. The van der Waals surface area contributed by atoms with Crippen molar-refractivity contribution in [2.24, 2.45) is 0 Å². The zero-order valence-corrected chi connectivity index (χ0v) is 12.2. The van der Waals surface area contributed by atoms with Gasteiger partial charge in [0.25, 0.3) is 0 Å². The minimum absolute atomic E-state index is 0.562. The summed E-state index contributed by atoms with van der Waals surface area (Å²) >= 11 is 0. The Morgan fingerprint density at radius 3 is 2.75 bits per heavy atom. The lowest BCUT2D eigenvalue weighted by molar-refractivity contribution is 0.363. The van der Waals surface area contributed by atoms with Crippen molar-refractivity contribution in [1.82, 2.24) is 5.32 Å². The average molecular weight is 271 g/mol. The van der Waals surface area contributed by atoms with E-state index in [2.05, 4.69) is 30.1 Å². The molecule has 0 spiro atoms. The molecule has 0 aliphatic heterocycles. The molecule has 1 aromatic carbocycles. The third-order valence-corrected chi connectivity index (χ3v) is 3.63. The topological polar surface area (TPSA) is 21.3 Å². The van der Waals surface area contributed by atoms with E-state index in [1.807, 2.05) is 12.1 Å². The van der Waals surface area contributed by atoms with Crippen LogP contribution in [0.5, 0.6) is 5.75 Å². The number of rotatable bonds is 8. The van der Waals surface area contributed by atoms with Gasteiger partial charge < -0.3 is 10.1 Å². The van der Waals surface area contributed by atoms with Gasteiger partial charge in [0.15, 0.2) is 0 Å². The van der Waals surface area contributed by atoms with E-state index in [4.69, 9.17) is 4.74 Å². The maximum absolute atomic E-state index is 5.47. The summed E-state index contributed by atoms with van der Waals surface area (Å²) in [5, 5.41) is 3.51. The summed E-state index contributed by atoms with van der Waals surface area (Å²) in [7, 11) is 0. The highest BCUT2D eigenvalue weighted by Gasteiger charge is 2.02. The van der Waals surface area contributed by atoms with Crippen LogP contribution in [0.4, 0.5) is 0 Å². The summed E-state index contributed by atoms with van der Waals surface area (Å²) in [5.74, 6) is 0.904. The minimum Gasteiger partial charge on any atom is -0.490 e. The Kier molecular flexibility index (Phi) is 6.39. The predicted octanol–water partition coefficient (Wildman–Crippen LogP) is 4.23. The van der Waals surface area contributed by atoms with Gasteiger partial charge in [-0.2, -0.15) is 0 Å². The molecule has 2 heteroatoms. The van der Waals surface area contributed by atoms with E-state index in [1.54, 1.807) is 11.6 Å². The lowest BCUT2D eigenvalue weighted by atomic mass is 9.97. The zero-order valence-electron chi connectivity index (χ0n) is 12.2. The third-order valence-electron chi connectivity index (χ3n) is 3.63. The first kappa shape index (κ1) is 14.9. The smallest absolute Gasteiger partial charge is 0.119 e. The van der Waals surface area contributed by atoms with Crippen LogP contribution in [0.25, 0.3) is 0 Å². The first-order chi connectivity index (χ1) is 9.88. The molecule has 0 saturated heterocycles. The van der Waals surface area contributed by atoms with Crippen LogP contribution < -0.4 is 10.1 Å². The summed E-state index contributed by atoms with van der Waals surface area (Å²) in [6.45, 7) is 6.20. The van der Waals surface area contributed by atoms with Crippen LogP contribution >= 0.6 is 0 Å². The lowest BCUT2D eigenvalue weighted by Gasteiger charge is -2.13. The van der Waals surface area contributed by atoms with Crippen molar-refractivity contribution in [2.45, 2.75) is 38.6 Å². The van der Waals surface area contributed by atoms with Gasteiger partial charge in [-0.1, -0.05) is 36.4 Å². The molecule has 1 aromatic rings. The Bertz CT molecular complexity index is 433. The highest BCUT2D eigenvalue weighted by molar-refractivity contribution is 5.27. The number of allylic oxidation sites excluding steroid dienone is 1. The largest absolute Gasteiger partial charge is 0.490 e. The number of benzene rings is 1. The van der Waals surface area contributed by atoms with Gasteiger partial charge in [-0.15, -0.1) is 0 Å². The van der Waals surface area contributed by atoms with Crippen molar-refractivity contribution in [3.63, 3.8) is 0 Å². The van der Waals surface area contributed by atoms with Crippen molar-refractivity contribution < 1.29 is 4.74 Å². The fourth-order valence-electron chi connectivity index (χ4n) is 2.47. The molecule has 1 aliphatic rings. The highest BCUT2D eigenvalue weighted by atomic mass is 16.5. The Morgan fingerprint density at radius 2 is 2.05 bits per heavy atom. The van der Waals surface area contributed by atoms with Crippen LogP contribution in [0.3, 0.4) is 0 Å². The molecule has 2 rings (SSSR count). The Morgan fingerprint density at radius 1 is 1.20 bits per heavy atom. The second kappa shape index (κ2) is 8.60. The molecule has 0 fully saturated rings. The first-order valence-electron chi connectivity index (χ1n) is 7.60. The summed E-state index contributed by atoms with van der Waals surface area (Å²) in [5.41, 5.74) is 2.94. The standard InChI is InChI=1S/C18H25NO/c1-2-14-20-18-10-8-17(9-11-18)15-19-13-12-16-6-4-3-5-7-16/h2,6,8-11,19H,1,3-5,7,12-15H2.